The van der Waals surface area contributed by atoms with Gasteiger partial charge in [-0.1, -0.05) is 0 Å². The third kappa shape index (κ3) is 5.64. The number of ether oxygens (including phenoxy) is 1. The second kappa shape index (κ2) is 7.36. The molecule has 1 heterocycles. The first kappa shape index (κ1) is 13.1. The summed E-state index contributed by atoms with van der Waals surface area (Å²) in [5, 5.41) is 0. The van der Waals surface area contributed by atoms with Crippen LogP contribution in [0.1, 0.15) is 19.3 Å². The summed E-state index contributed by atoms with van der Waals surface area (Å²) in [6.07, 6.45) is 0.973. The Bertz CT molecular complexity index is 166. The van der Waals surface area contributed by atoms with Gasteiger partial charge in [-0.3, -0.25) is 4.90 Å². The summed E-state index contributed by atoms with van der Waals surface area (Å²) in [4.78, 5) is 1.71. The molecule has 0 radical (unpaired) electrons. The first-order valence-corrected chi connectivity index (χ1v) is 5.94. The maximum absolute atomic E-state index is 12.2. The summed E-state index contributed by atoms with van der Waals surface area (Å²) in [5.74, 6) is 0.401. The van der Waals surface area contributed by atoms with Gasteiger partial charge in [0.05, 0.1) is 12.6 Å². The van der Waals surface area contributed by atoms with Gasteiger partial charge in [0.25, 0.3) is 6.43 Å². The van der Waals surface area contributed by atoms with Crippen molar-refractivity contribution in [3.05, 3.63) is 0 Å². The zero-order chi connectivity index (χ0) is 11.1. The van der Waals surface area contributed by atoms with Crippen LogP contribution in [0.5, 0.6) is 0 Å². The van der Waals surface area contributed by atoms with Crippen LogP contribution in [0.2, 0.25) is 0 Å². The summed E-state index contributed by atoms with van der Waals surface area (Å²) in [5.41, 5.74) is 0. The highest BCUT2D eigenvalue weighted by molar-refractivity contribution is 6.18. The molecular weight excluding hydrogens is 224 g/mol. The molecule has 0 aliphatic carbocycles. The number of rotatable bonds is 7. The topological polar surface area (TPSA) is 12.5 Å². The third-order valence-corrected chi connectivity index (χ3v) is 2.76. The smallest absolute Gasteiger partial charge is 0.251 e. The molecule has 1 rings (SSSR count). The van der Waals surface area contributed by atoms with Gasteiger partial charge in [0.2, 0.25) is 0 Å². The molecule has 0 aromatic carbocycles. The Morgan fingerprint density at radius 2 is 2.20 bits per heavy atom. The third-order valence-electron chi connectivity index (χ3n) is 2.59. The fraction of sp³-hybridized carbons (Fsp3) is 1.00. The van der Waals surface area contributed by atoms with Crippen LogP contribution in [0, 0.1) is 0 Å². The van der Waals surface area contributed by atoms with Gasteiger partial charge in [-0.2, -0.15) is 0 Å². The van der Waals surface area contributed by atoms with Crippen LogP contribution in [0.15, 0.2) is 0 Å². The van der Waals surface area contributed by atoms with E-state index in [0.29, 0.717) is 19.0 Å². The van der Waals surface area contributed by atoms with Crippen LogP contribution >= 0.6 is 11.6 Å². The predicted octanol–water partition coefficient (Wildman–Crippen LogP) is 2.36. The minimum Gasteiger partial charge on any atom is -0.378 e. The number of halogens is 3. The SMILES string of the molecule is FC(F)CN(CCCl)CCC1CCCO1. The normalized spacial score (nSPS) is 21.8. The van der Waals surface area contributed by atoms with E-state index in [-0.39, 0.29) is 12.6 Å². The molecule has 5 heteroatoms. The molecule has 2 nitrogen and oxygen atoms in total. The van der Waals surface area contributed by atoms with Gasteiger partial charge < -0.3 is 4.74 Å². The molecular formula is C10H18ClF2NO. The Kier molecular flexibility index (Phi) is 6.45. The lowest BCUT2D eigenvalue weighted by Gasteiger charge is -2.22. The monoisotopic (exact) mass is 241 g/mol. The molecule has 1 unspecified atom stereocenters. The van der Waals surface area contributed by atoms with Crippen LogP contribution in [-0.2, 0) is 4.74 Å². The van der Waals surface area contributed by atoms with E-state index in [1.165, 1.54) is 0 Å². The Balaban J connectivity index is 2.17. The minimum atomic E-state index is -2.28. The van der Waals surface area contributed by atoms with Gasteiger partial charge in [-0.05, 0) is 19.3 Å². The number of alkyl halides is 3. The van der Waals surface area contributed by atoms with Crippen molar-refractivity contribution in [2.75, 3.05) is 32.1 Å². The van der Waals surface area contributed by atoms with Crippen LogP contribution in [-0.4, -0.2) is 49.6 Å². The van der Waals surface area contributed by atoms with E-state index < -0.39 is 6.43 Å². The Morgan fingerprint density at radius 1 is 1.40 bits per heavy atom. The van der Waals surface area contributed by atoms with Crippen molar-refractivity contribution in [1.29, 1.82) is 0 Å². The summed E-state index contributed by atoms with van der Waals surface area (Å²) in [7, 11) is 0. The first-order chi connectivity index (χ1) is 7.22. The molecule has 1 aliphatic rings. The maximum atomic E-state index is 12.2. The van der Waals surface area contributed by atoms with Crippen LogP contribution in [0.4, 0.5) is 8.78 Å². The van der Waals surface area contributed by atoms with E-state index in [2.05, 4.69) is 0 Å². The van der Waals surface area contributed by atoms with Crippen molar-refractivity contribution in [3.8, 4) is 0 Å². The van der Waals surface area contributed by atoms with E-state index in [4.69, 9.17) is 16.3 Å². The van der Waals surface area contributed by atoms with Gasteiger partial charge in [-0.25, -0.2) is 8.78 Å². The minimum absolute atomic E-state index is 0.181. The highest BCUT2D eigenvalue weighted by Gasteiger charge is 2.18. The molecule has 0 bridgehead atoms. The lowest BCUT2D eigenvalue weighted by Crippen LogP contribution is -2.33. The van der Waals surface area contributed by atoms with Crippen molar-refractivity contribution < 1.29 is 13.5 Å². The van der Waals surface area contributed by atoms with Crippen LogP contribution in [0.25, 0.3) is 0 Å². The van der Waals surface area contributed by atoms with Crippen LogP contribution in [0.3, 0.4) is 0 Å². The van der Waals surface area contributed by atoms with Crippen molar-refractivity contribution >= 4 is 11.6 Å². The molecule has 1 atom stereocenters. The van der Waals surface area contributed by atoms with Crippen molar-refractivity contribution in [3.63, 3.8) is 0 Å². The van der Waals surface area contributed by atoms with Gasteiger partial charge >= 0.3 is 0 Å². The van der Waals surface area contributed by atoms with Crippen LogP contribution < -0.4 is 0 Å². The summed E-state index contributed by atoms with van der Waals surface area (Å²) < 4.78 is 29.8. The number of hydrogen-bond donors (Lipinski definition) is 0. The second-order valence-corrected chi connectivity index (χ2v) is 4.18. The highest BCUT2D eigenvalue weighted by Crippen LogP contribution is 2.15. The van der Waals surface area contributed by atoms with Gasteiger partial charge in [0, 0.05) is 25.6 Å². The van der Waals surface area contributed by atoms with Gasteiger partial charge in [-0.15, -0.1) is 11.6 Å². The zero-order valence-corrected chi connectivity index (χ0v) is 9.56. The number of hydrogen-bond acceptors (Lipinski definition) is 2. The lowest BCUT2D eigenvalue weighted by molar-refractivity contribution is 0.0664. The molecule has 15 heavy (non-hydrogen) atoms. The lowest BCUT2D eigenvalue weighted by atomic mass is 10.2. The molecule has 0 amide bonds. The maximum Gasteiger partial charge on any atom is 0.251 e. The van der Waals surface area contributed by atoms with E-state index in [1.807, 2.05) is 0 Å². The largest absolute Gasteiger partial charge is 0.378 e. The standard InChI is InChI=1S/C10H18ClF2NO/c11-4-6-14(8-10(12)13)5-3-9-2-1-7-15-9/h9-10H,1-8H2. The molecule has 0 aromatic rings. The molecule has 0 saturated carbocycles. The Hall–Kier alpha value is 0.0700. The Morgan fingerprint density at radius 3 is 2.73 bits per heavy atom. The van der Waals surface area contributed by atoms with E-state index >= 15 is 0 Å². The molecule has 1 saturated heterocycles. The Labute approximate surface area is 94.5 Å². The number of nitrogens with zero attached hydrogens (tertiary/aromatic N) is 1. The average molecular weight is 242 g/mol. The van der Waals surface area contributed by atoms with E-state index in [0.717, 1.165) is 25.9 Å². The molecule has 1 aliphatic heterocycles. The van der Waals surface area contributed by atoms with Gasteiger partial charge in [0.15, 0.2) is 0 Å². The fourth-order valence-corrected chi connectivity index (χ4v) is 2.05. The predicted molar refractivity (Wildman–Crippen MR) is 56.8 cm³/mol. The molecule has 90 valence electrons. The molecule has 0 aromatic heterocycles. The first-order valence-electron chi connectivity index (χ1n) is 5.40. The fourth-order valence-electron chi connectivity index (χ4n) is 1.81. The van der Waals surface area contributed by atoms with E-state index in [1.54, 1.807) is 4.90 Å². The quantitative estimate of drug-likeness (QED) is 0.635. The molecule has 0 N–H and O–H groups in total. The van der Waals surface area contributed by atoms with Gasteiger partial charge in [0.1, 0.15) is 0 Å². The summed E-state index contributed by atoms with van der Waals surface area (Å²) in [6, 6.07) is 0. The summed E-state index contributed by atoms with van der Waals surface area (Å²) >= 11 is 5.56. The highest BCUT2D eigenvalue weighted by atomic mass is 35.5. The van der Waals surface area contributed by atoms with Crippen molar-refractivity contribution in [2.45, 2.75) is 31.8 Å². The average Bonchev–Trinajstić information content (AvgIpc) is 2.66. The summed E-state index contributed by atoms with van der Waals surface area (Å²) in [6.45, 7) is 1.81. The van der Waals surface area contributed by atoms with E-state index in [9.17, 15) is 8.78 Å². The second-order valence-electron chi connectivity index (χ2n) is 3.80. The molecule has 1 fully saturated rings. The molecule has 0 spiro atoms. The van der Waals surface area contributed by atoms with Crippen molar-refractivity contribution in [1.82, 2.24) is 4.90 Å². The van der Waals surface area contributed by atoms with Crippen molar-refractivity contribution in [2.24, 2.45) is 0 Å². The zero-order valence-electron chi connectivity index (χ0n) is 8.80.